The first-order valence-electron chi connectivity index (χ1n) is 8.20. The van der Waals surface area contributed by atoms with E-state index in [4.69, 9.17) is 0 Å². The predicted molar refractivity (Wildman–Crippen MR) is 97.1 cm³/mol. The van der Waals surface area contributed by atoms with Crippen molar-refractivity contribution < 1.29 is 8.42 Å². The molecule has 0 saturated heterocycles. The number of benzene rings is 1. The van der Waals surface area contributed by atoms with Crippen LogP contribution >= 0.6 is 11.5 Å². The van der Waals surface area contributed by atoms with Crippen molar-refractivity contribution in [1.82, 2.24) is 28.4 Å². The van der Waals surface area contributed by atoms with E-state index >= 15 is 0 Å². The summed E-state index contributed by atoms with van der Waals surface area (Å²) in [4.78, 5) is 4.66. The molecular formula is C16H18N6O2S2. The molecular weight excluding hydrogens is 372 g/mol. The van der Waals surface area contributed by atoms with Crippen LogP contribution in [0.3, 0.4) is 0 Å². The van der Waals surface area contributed by atoms with Crippen LogP contribution in [0.4, 0.5) is 0 Å². The second-order valence-corrected chi connectivity index (χ2v) is 8.93. The molecule has 3 aromatic rings. The van der Waals surface area contributed by atoms with E-state index in [1.165, 1.54) is 15.8 Å². The maximum absolute atomic E-state index is 13.0. The normalized spacial score (nSPS) is 18.0. The van der Waals surface area contributed by atoms with Gasteiger partial charge in [-0.15, -0.1) is 10.2 Å². The van der Waals surface area contributed by atoms with Crippen molar-refractivity contribution in [3.8, 4) is 10.8 Å². The molecule has 1 aliphatic rings. The van der Waals surface area contributed by atoms with E-state index in [2.05, 4.69) is 19.6 Å². The van der Waals surface area contributed by atoms with Gasteiger partial charge in [0, 0.05) is 13.1 Å². The number of aromatic nitrogens is 5. The minimum atomic E-state index is -3.60. The van der Waals surface area contributed by atoms with Crippen LogP contribution in [0.1, 0.15) is 30.2 Å². The van der Waals surface area contributed by atoms with Gasteiger partial charge in [0.1, 0.15) is 5.82 Å². The molecule has 0 bridgehead atoms. The van der Waals surface area contributed by atoms with Crippen LogP contribution in [0.5, 0.6) is 0 Å². The van der Waals surface area contributed by atoms with Crippen LogP contribution in [-0.4, -0.2) is 43.4 Å². The van der Waals surface area contributed by atoms with Crippen molar-refractivity contribution >= 4 is 21.6 Å². The second kappa shape index (κ2) is 6.22. The van der Waals surface area contributed by atoms with Crippen molar-refractivity contribution in [2.75, 3.05) is 6.54 Å². The summed E-state index contributed by atoms with van der Waals surface area (Å²) in [5.41, 5.74) is 1.02. The Hall–Kier alpha value is -2.17. The minimum Gasteiger partial charge on any atom is -0.306 e. The van der Waals surface area contributed by atoms with E-state index in [1.807, 2.05) is 25.3 Å². The Kier molecular flexibility index (Phi) is 4.13. The summed E-state index contributed by atoms with van der Waals surface area (Å²) in [5, 5.41) is 9.17. The molecule has 3 heterocycles. The summed E-state index contributed by atoms with van der Waals surface area (Å²) < 4.78 is 33.7. The number of aryl methyl sites for hydroxylation is 2. The number of nitrogens with zero attached hydrogens (tertiary/aromatic N) is 6. The zero-order chi connectivity index (χ0) is 18.5. The van der Waals surface area contributed by atoms with Gasteiger partial charge in [0.05, 0.1) is 10.9 Å². The van der Waals surface area contributed by atoms with Gasteiger partial charge in [-0.25, -0.2) is 13.4 Å². The molecule has 0 saturated carbocycles. The Morgan fingerprint density at radius 3 is 2.50 bits per heavy atom. The molecule has 0 fully saturated rings. The molecule has 0 radical (unpaired) electrons. The van der Waals surface area contributed by atoms with E-state index in [0.29, 0.717) is 40.5 Å². The van der Waals surface area contributed by atoms with Gasteiger partial charge in [0.25, 0.3) is 0 Å². The van der Waals surface area contributed by atoms with E-state index in [-0.39, 0.29) is 0 Å². The van der Waals surface area contributed by atoms with Gasteiger partial charge < -0.3 is 4.57 Å². The zero-order valence-electron chi connectivity index (χ0n) is 14.6. The Morgan fingerprint density at radius 2 is 1.85 bits per heavy atom. The van der Waals surface area contributed by atoms with Gasteiger partial charge in [-0.3, -0.25) is 0 Å². The maximum atomic E-state index is 13.0. The molecule has 1 aliphatic heterocycles. The van der Waals surface area contributed by atoms with Crippen LogP contribution in [-0.2, 0) is 16.6 Å². The van der Waals surface area contributed by atoms with E-state index in [1.54, 1.807) is 24.3 Å². The van der Waals surface area contributed by atoms with Gasteiger partial charge in [-0.1, -0.05) is 17.7 Å². The van der Waals surface area contributed by atoms with Gasteiger partial charge >= 0.3 is 0 Å². The van der Waals surface area contributed by atoms with E-state index in [9.17, 15) is 8.42 Å². The fraction of sp³-hybridized carbons (Fsp3) is 0.375. The van der Waals surface area contributed by atoms with Gasteiger partial charge in [-0.2, -0.15) is 8.68 Å². The summed E-state index contributed by atoms with van der Waals surface area (Å²) in [6.07, 6.45) is 0. The molecule has 0 amide bonds. The largest absolute Gasteiger partial charge is 0.306 e. The molecule has 10 heteroatoms. The molecule has 0 spiro atoms. The minimum absolute atomic E-state index is 0.294. The lowest BCUT2D eigenvalue weighted by Gasteiger charge is -2.32. The first kappa shape index (κ1) is 17.3. The van der Waals surface area contributed by atoms with E-state index < -0.39 is 16.1 Å². The molecule has 4 rings (SSSR count). The summed E-state index contributed by atoms with van der Waals surface area (Å²) in [6.45, 7) is 6.42. The Balaban J connectivity index is 1.70. The summed E-state index contributed by atoms with van der Waals surface area (Å²) >= 11 is 1.27. The third-order valence-electron chi connectivity index (χ3n) is 4.48. The highest BCUT2D eigenvalue weighted by molar-refractivity contribution is 7.89. The number of hydrogen-bond donors (Lipinski definition) is 0. The number of hydrogen-bond acceptors (Lipinski definition) is 7. The highest BCUT2D eigenvalue weighted by Crippen LogP contribution is 2.32. The fourth-order valence-electron chi connectivity index (χ4n) is 3.09. The molecule has 1 atom stereocenters. The van der Waals surface area contributed by atoms with Crippen LogP contribution < -0.4 is 0 Å². The molecule has 1 aromatic carbocycles. The lowest BCUT2D eigenvalue weighted by molar-refractivity contribution is 0.276. The van der Waals surface area contributed by atoms with Crippen molar-refractivity contribution in [2.45, 2.75) is 38.3 Å². The SMILES string of the molecule is Cc1ccc(S(=O)(=O)N2CCn3c(-c4nc(C)ns4)nnc3[C@H]2C)cc1. The van der Waals surface area contributed by atoms with Crippen LogP contribution in [0.25, 0.3) is 10.8 Å². The Labute approximate surface area is 155 Å². The Morgan fingerprint density at radius 1 is 1.12 bits per heavy atom. The van der Waals surface area contributed by atoms with Crippen LogP contribution in [0.15, 0.2) is 29.2 Å². The highest BCUT2D eigenvalue weighted by atomic mass is 32.2. The third kappa shape index (κ3) is 2.74. The first-order valence-corrected chi connectivity index (χ1v) is 10.4. The molecule has 8 nitrogen and oxygen atoms in total. The van der Waals surface area contributed by atoms with Crippen LogP contribution in [0, 0.1) is 13.8 Å². The number of fused-ring (bicyclic) bond motifs is 1. The average molecular weight is 390 g/mol. The fourth-order valence-corrected chi connectivity index (χ4v) is 5.33. The lowest BCUT2D eigenvalue weighted by atomic mass is 10.2. The molecule has 0 aliphatic carbocycles. The number of sulfonamides is 1. The van der Waals surface area contributed by atoms with Gasteiger partial charge in [0.2, 0.25) is 10.0 Å². The lowest BCUT2D eigenvalue weighted by Crippen LogP contribution is -2.41. The van der Waals surface area contributed by atoms with Crippen molar-refractivity contribution in [3.63, 3.8) is 0 Å². The van der Waals surface area contributed by atoms with Crippen molar-refractivity contribution in [2.24, 2.45) is 0 Å². The van der Waals surface area contributed by atoms with Crippen molar-refractivity contribution in [1.29, 1.82) is 0 Å². The monoisotopic (exact) mass is 390 g/mol. The molecule has 26 heavy (non-hydrogen) atoms. The smallest absolute Gasteiger partial charge is 0.243 e. The van der Waals surface area contributed by atoms with Gasteiger partial charge in [-0.05, 0) is 44.4 Å². The average Bonchev–Trinajstić information content (AvgIpc) is 3.21. The predicted octanol–water partition coefficient (Wildman–Crippen LogP) is 2.18. The summed E-state index contributed by atoms with van der Waals surface area (Å²) in [6, 6.07) is 6.49. The molecule has 0 N–H and O–H groups in total. The summed E-state index contributed by atoms with van der Waals surface area (Å²) in [7, 11) is -3.60. The molecule has 136 valence electrons. The zero-order valence-corrected chi connectivity index (χ0v) is 16.3. The second-order valence-electron chi connectivity index (χ2n) is 6.28. The quantitative estimate of drug-likeness (QED) is 0.680. The highest BCUT2D eigenvalue weighted by Gasteiger charge is 2.37. The summed E-state index contributed by atoms with van der Waals surface area (Å²) in [5.74, 6) is 1.95. The van der Waals surface area contributed by atoms with Crippen LogP contribution in [0.2, 0.25) is 0 Å². The Bertz CT molecular complexity index is 1050. The third-order valence-corrected chi connectivity index (χ3v) is 7.26. The van der Waals surface area contributed by atoms with Crippen molar-refractivity contribution in [3.05, 3.63) is 41.5 Å². The number of rotatable bonds is 3. The molecule has 0 unspecified atom stereocenters. The first-order chi connectivity index (χ1) is 12.4. The van der Waals surface area contributed by atoms with Gasteiger partial charge in [0.15, 0.2) is 16.7 Å². The van der Waals surface area contributed by atoms with E-state index in [0.717, 1.165) is 5.56 Å². The maximum Gasteiger partial charge on any atom is 0.243 e. The molecule has 2 aromatic heterocycles. The topological polar surface area (TPSA) is 93.9 Å². The standard InChI is InChI=1S/C16H18N6O2S2/c1-10-4-6-13(7-5-10)26(23,24)22-9-8-21-14(11(22)2)18-19-15(21)16-17-12(3)20-25-16/h4-7,11H,8-9H2,1-3H3/t11-/m1/s1.